The van der Waals surface area contributed by atoms with Gasteiger partial charge in [0.2, 0.25) is 10.0 Å². The molecule has 2 N–H and O–H groups in total. The van der Waals surface area contributed by atoms with E-state index in [9.17, 15) is 12.8 Å². The summed E-state index contributed by atoms with van der Waals surface area (Å²) in [6.45, 7) is 5.75. The third-order valence-corrected chi connectivity index (χ3v) is 4.91. The molecular weight excluding hydrogens is 279 g/mol. The monoisotopic (exact) mass is 298 g/mol. The van der Waals surface area contributed by atoms with Crippen molar-refractivity contribution in [3.8, 4) is 11.8 Å². The summed E-state index contributed by atoms with van der Waals surface area (Å²) in [6, 6.07) is 3.54. The third-order valence-electron chi connectivity index (χ3n) is 2.76. The third kappa shape index (κ3) is 3.57. The Morgan fingerprint density at radius 3 is 2.50 bits per heavy atom. The van der Waals surface area contributed by atoms with Gasteiger partial charge in [0.15, 0.2) is 0 Å². The molecule has 1 aromatic carbocycles. The number of rotatable bonds is 4. The summed E-state index contributed by atoms with van der Waals surface area (Å²) in [6.07, 6.45) is 0. The maximum absolute atomic E-state index is 13.8. The lowest BCUT2D eigenvalue weighted by molar-refractivity contribution is 0.369. The Morgan fingerprint density at radius 1 is 1.40 bits per heavy atom. The Hall–Kier alpha value is -1.42. The molecule has 0 aliphatic carbocycles. The summed E-state index contributed by atoms with van der Waals surface area (Å²) in [7, 11) is -3.69. The van der Waals surface area contributed by atoms with Gasteiger partial charge < -0.3 is 5.73 Å². The van der Waals surface area contributed by atoms with Crippen LogP contribution in [0.15, 0.2) is 23.1 Å². The first-order valence-corrected chi connectivity index (χ1v) is 7.79. The van der Waals surface area contributed by atoms with Crippen LogP contribution >= 0.6 is 0 Å². The summed E-state index contributed by atoms with van der Waals surface area (Å²) < 4.78 is 39.9. The molecule has 0 amide bonds. The van der Waals surface area contributed by atoms with Gasteiger partial charge >= 0.3 is 0 Å². The first-order chi connectivity index (χ1) is 9.34. The number of hydrogen-bond donors (Lipinski definition) is 1. The Morgan fingerprint density at radius 2 is 2.05 bits per heavy atom. The minimum absolute atomic E-state index is 0.0659. The molecule has 0 atom stereocenters. The minimum atomic E-state index is -3.69. The Bertz CT molecular complexity index is 630. The lowest BCUT2D eigenvalue weighted by Crippen LogP contribution is -2.36. The molecule has 1 rings (SSSR count). The number of halogens is 1. The van der Waals surface area contributed by atoms with E-state index in [2.05, 4.69) is 11.8 Å². The van der Waals surface area contributed by atoms with Crippen molar-refractivity contribution in [1.29, 1.82) is 0 Å². The molecule has 110 valence electrons. The van der Waals surface area contributed by atoms with E-state index in [0.29, 0.717) is 6.54 Å². The van der Waals surface area contributed by atoms with Crippen LogP contribution in [0, 0.1) is 17.7 Å². The zero-order valence-corrected chi connectivity index (χ0v) is 12.7. The lowest BCUT2D eigenvalue weighted by Gasteiger charge is -2.24. The number of nitrogens with two attached hydrogens (primary N) is 1. The molecule has 0 saturated heterocycles. The van der Waals surface area contributed by atoms with Crippen LogP contribution in [-0.2, 0) is 10.0 Å². The van der Waals surface area contributed by atoms with Crippen LogP contribution in [-0.4, -0.2) is 31.9 Å². The second-order valence-electron chi connectivity index (χ2n) is 4.45. The smallest absolute Gasteiger partial charge is 0.243 e. The van der Waals surface area contributed by atoms with Gasteiger partial charge in [-0.15, -0.1) is 0 Å². The number of sulfonamides is 1. The molecule has 0 heterocycles. The molecular formula is C14H19FN2O2S. The van der Waals surface area contributed by atoms with Crippen molar-refractivity contribution in [3.05, 3.63) is 29.6 Å². The number of benzene rings is 1. The second kappa shape index (κ2) is 6.84. The quantitative estimate of drug-likeness (QED) is 0.858. The predicted octanol–water partition coefficient (Wildman–Crippen LogP) is 1.55. The van der Waals surface area contributed by atoms with Crippen LogP contribution in [0.2, 0.25) is 0 Å². The van der Waals surface area contributed by atoms with E-state index in [1.807, 2.05) is 0 Å². The molecule has 0 unspecified atom stereocenters. The lowest BCUT2D eigenvalue weighted by atomic mass is 10.2. The number of hydrogen-bond acceptors (Lipinski definition) is 3. The molecule has 0 fully saturated rings. The molecule has 0 aromatic heterocycles. The van der Waals surface area contributed by atoms with Crippen LogP contribution in [0.4, 0.5) is 4.39 Å². The average Bonchev–Trinajstić information content (AvgIpc) is 2.37. The fourth-order valence-corrected chi connectivity index (χ4v) is 3.51. The van der Waals surface area contributed by atoms with Crippen LogP contribution in [0.25, 0.3) is 0 Å². The van der Waals surface area contributed by atoms with E-state index in [4.69, 9.17) is 5.73 Å². The molecule has 0 saturated carbocycles. The van der Waals surface area contributed by atoms with E-state index in [1.165, 1.54) is 16.4 Å². The van der Waals surface area contributed by atoms with Crippen LogP contribution < -0.4 is 5.73 Å². The summed E-state index contributed by atoms with van der Waals surface area (Å²) in [4.78, 5) is -0.0659. The number of nitrogens with zero attached hydrogens (tertiary/aromatic N) is 1. The standard InChI is InChI=1S/C14H19FN2O2S/c1-4-17(11(2)3)20(18,19)13-8-7-12(6-5-9-16)14(15)10-13/h7-8,10-11H,4,9,16H2,1-3H3. The SMILES string of the molecule is CCN(C(C)C)S(=O)(=O)c1ccc(C#CCN)c(F)c1. The van der Waals surface area contributed by atoms with Crippen molar-refractivity contribution in [2.24, 2.45) is 5.73 Å². The van der Waals surface area contributed by atoms with Crippen LogP contribution in [0.5, 0.6) is 0 Å². The maximum Gasteiger partial charge on any atom is 0.243 e. The van der Waals surface area contributed by atoms with Gasteiger partial charge in [-0.3, -0.25) is 0 Å². The van der Waals surface area contributed by atoms with Gasteiger partial charge in [0.1, 0.15) is 5.82 Å². The van der Waals surface area contributed by atoms with Gasteiger partial charge in [-0.05, 0) is 32.0 Å². The van der Waals surface area contributed by atoms with Crippen LogP contribution in [0.1, 0.15) is 26.3 Å². The normalized spacial score (nSPS) is 11.6. The Balaban J connectivity index is 3.24. The largest absolute Gasteiger partial charge is 0.320 e. The topological polar surface area (TPSA) is 63.4 Å². The molecule has 0 aliphatic rings. The fraction of sp³-hybridized carbons (Fsp3) is 0.429. The highest BCUT2D eigenvalue weighted by Crippen LogP contribution is 2.20. The van der Waals surface area contributed by atoms with Gasteiger partial charge in [-0.2, -0.15) is 4.31 Å². The van der Waals surface area contributed by atoms with Crippen molar-refractivity contribution in [1.82, 2.24) is 4.31 Å². The van der Waals surface area contributed by atoms with Crippen molar-refractivity contribution in [2.75, 3.05) is 13.1 Å². The summed E-state index contributed by atoms with van der Waals surface area (Å²) in [5.41, 5.74) is 5.36. The van der Waals surface area contributed by atoms with E-state index in [0.717, 1.165) is 6.07 Å². The van der Waals surface area contributed by atoms with E-state index in [1.54, 1.807) is 20.8 Å². The zero-order chi connectivity index (χ0) is 15.3. The second-order valence-corrected chi connectivity index (χ2v) is 6.34. The first kappa shape index (κ1) is 16.6. The zero-order valence-electron chi connectivity index (χ0n) is 11.9. The maximum atomic E-state index is 13.8. The van der Waals surface area contributed by atoms with Crippen molar-refractivity contribution in [3.63, 3.8) is 0 Å². The first-order valence-electron chi connectivity index (χ1n) is 6.35. The highest BCUT2D eigenvalue weighted by molar-refractivity contribution is 7.89. The van der Waals surface area contributed by atoms with Gasteiger partial charge in [0, 0.05) is 12.6 Å². The van der Waals surface area contributed by atoms with Crippen LogP contribution in [0.3, 0.4) is 0 Å². The summed E-state index contributed by atoms with van der Waals surface area (Å²) in [5.74, 6) is 4.43. The van der Waals surface area contributed by atoms with E-state index < -0.39 is 15.8 Å². The Kier molecular flexibility index (Phi) is 5.69. The summed E-state index contributed by atoms with van der Waals surface area (Å²) >= 11 is 0. The average molecular weight is 298 g/mol. The van der Waals surface area contributed by atoms with E-state index >= 15 is 0 Å². The van der Waals surface area contributed by atoms with Crippen molar-refractivity contribution < 1.29 is 12.8 Å². The molecule has 20 heavy (non-hydrogen) atoms. The molecule has 4 nitrogen and oxygen atoms in total. The van der Waals surface area contributed by atoms with Gasteiger partial charge in [0.05, 0.1) is 17.0 Å². The molecule has 6 heteroatoms. The van der Waals surface area contributed by atoms with Gasteiger partial charge in [-0.25, -0.2) is 12.8 Å². The summed E-state index contributed by atoms with van der Waals surface area (Å²) in [5, 5.41) is 0. The molecule has 0 aliphatic heterocycles. The van der Waals surface area contributed by atoms with Gasteiger partial charge in [-0.1, -0.05) is 18.8 Å². The van der Waals surface area contributed by atoms with Crippen molar-refractivity contribution >= 4 is 10.0 Å². The molecule has 0 bridgehead atoms. The van der Waals surface area contributed by atoms with Crippen molar-refractivity contribution in [2.45, 2.75) is 31.7 Å². The fourth-order valence-electron chi connectivity index (χ4n) is 1.85. The van der Waals surface area contributed by atoms with Gasteiger partial charge in [0.25, 0.3) is 0 Å². The minimum Gasteiger partial charge on any atom is -0.320 e. The molecule has 0 spiro atoms. The molecule has 0 radical (unpaired) electrons. The predicted molar refractivity (Wildman–Crippen MR) is 77.0 cm³/mol. The van der Waals surface area contributed by atoms with E-state index in [-0.39, 0.29) is 23.0 Å². The highest BCUT2D eigenvalue weighted by atomic mass is 32.2. The highest BCUT2D eigenvalue weighted by Gasteiger charge is 2.26. The Labute approximate surface area is 119 Å². The molecule has 1 aromatic rings.